The largest absolute Gasteiger partial charge is 0.355 e. The summed E-state index contributed by atoms with van der Waals surface area (Å²) in [5, 5.41) is 6.54. The summed E-state index contributed by atoms with van der Waals surface area (Å²) < 4.78 is 0. The molecular weight excluding hydrogens is 236 g/mol. The summed E-state index contributed by atoms with van der Waals surface area (Å²) in [5.74, 6) is 2.30. The van der Waals surface area contributed by atoms with Crippen LogP contribution in [0.5, 0.6) is 0 Å². The van der Waals surface area contributed by atoms with Crippen molar-refractivity contribution in [2.45, 2.75) is 72.4 Å². The van der Waals surface area contributed by atoms with Crippen molar-refractivity contribution in [3.63, 3.8) is 0 Å². The highest BCUT2D eigenvalue weighted by atomic mass is 16.2. The zero-order valence-electron chi connectivity index (χ0n) is 13.3. The van der Waals surface area contributed by atoms with Crippen molar-refractivity contribution in [3.8, 4) is 0 Å². The smallest absolute Gasteiger partial charge is 0.236 e. The van der Waals surface area contributed by atoms with Gasteiger partial charge in [0.25, 0.3) is 0 Å². The van der Waals surface area contributed by atoms with Gasteiger partial charge in [-0.3, -0.25) is 4.79 Å². The molecule has 0 bridgehead atoms. The molecular formula is C16H32N2O. The van der Waals surface area contributed by atoms with Gasteiger partial charge in [0.05, 0.1) is 6.04 Å². The van der Waals surface area contributed by atoms with Crippen molar-refractivity contribution in [1.82, 2.24) is 10.6 Å². The predicted octanol–water partition coefficient (Wildman–Crippen LogP) is 2.95. The van der Waals surface area contributed by atoms with E-state index in [2.05, 4.69) is 38.3 Å². The van der Waals surface area contributed by atoms with Crippen molar-refractivity contribution in [1.29, 1.82) is 0 Å². The maximum Gasteiger partial charge on any atom is 0.236 e. The van der Waals surface area contributed by atoms with Gasteiger partial charge in [0.1, 0.15) is 0 Å². The SMILES string of the molecule is CC(C)CCNC(=O)C(C)NC1CCC(C)CC1C. The van der Waals surface area contributed by atoms with E-state index in [0.717, 1.165) is 18.9 Å². The van der Waals surface area contributed by atoms with Gasteiger partial charge in [-0.2, -0.15) is 0 Å². The van der Waals surface area contributed by atoms with Gasteiger partial charge in [-0.05, 0) is 50.4 Å². The standard InChI is InChI=1S/C16H32N2O/c1-11(2)8-9-17-16(19)14(5)18-15-7-6-12(3)10-13(15)4/h11-15,18H,6-10H2,1-5H3,(H,17,19). The Bertz CT molecular complexity index is 278. The summed E-state index contributed by atoms with van der Waals surface area (Å²) in [5.41, 5.74) is 0. The van der Waals surface area contributed by atoms with Gasteiger partial charge in [0, 0.05) is 12.6 Å². The van der Waals surface area contributed by atoms with E-state index in [-0.39, 0.29) is 11.9 Å². The Morgan fingerprint density at radius 2 is 1.89 bits per heavy atom. The third kappa shape index (κ3) is 5.94. The van der Waals surface area contributed by atoms with Crippen LogP contribution in [0.2, 0.25) is 0 Å². The van der Waals surface area contributed by atoms with E-state index in [1.807, 2.05) is 6.92 Å². The van der Waals surface area contributed by atoms with E-state index < -0.39 is 0 Å². The molecule has 1 fully saturated rings. The molecule has 2 N–H and O–H groups in total. The second kappa shape index (κ2) is 7.88. The Morgan fingerprint density at radius 1 is 1.21 bits per heavy atom. The predicted molar refractivity (Wildman–Crippen MR) is 81.0 cm³/mol. The van der Waals surface area contributed by atoms with Crippen molar-refractivity contribution in [2.75, 3.05) is 6.54 Å². The van der Waals surface area contributed by atoms with E-state index in [0.29, 0.717) is 17.9 Å². The first-order valence-corrected chi connectivity index (χ1v) is 7.94. The molecule has 1 rings (SSSR count). The third-order valence-electron chi connectivity index (χ3n) is 4.31. The number of carbonyl (C=O) groups is 1. The number of rotatable bonds is 6. The van der Waals surface area contributed by atoms with Crippen LogP contribution in [-0.4, -0.2) is 24.5 Å². The lowest BCUT2D eigenvalue weighted by Gasteiger charge is -2.34. The minimum absolute atomic E-state index is 0.0759. The van der Waals surface area contributed by atoms with Crippen LogP contribution in [0.1, 0.15) is 60.3 Å². The summed E-state index contributed by atoms with van der Waals surface area (Å²) in [7, 11) is 0. The average molecular weight is 268 g/mol. The minimum atomic E-state index is -0.0759. The van der Waals surface area contributed by atoms with Crippen molar-refractivity contribution >= 4 is 5.91 Å². The Morgan fingerprint density at radius 3 is 2.47 bits per heavy atom. The number of hydrogen-bond donors (Lipinski definition) is 2. The third-order valence-corrected chi connectivity index (χ3v) is 4.31. The normalized spacial score (nSPS) is 29.3. The number of nitrogens with one attached hydrogen (secondary N) is 2. The van der Waals surface area contributed by atoms with Gasteiger partial charge >= 0.3 is 0 Å². The second-order valence-electron chi connectivity index (χ2n) is 6.86. The summed E-state index contributed by atoms with van der Waals surface area (Å²) >= 11 is 0. The van der Waals surface area contributed by atoms with E-state index in [1.54, 1.807) is 0 Å². The van der Waals surface area contributed by atoms with Gasteiger partial charge in [-0.1, -0.05) is 27.7 Å². The molecule has 4 atom stereocenters. The van der Waals surface area contributed by atoms with Crippen LogP contribution in [0, 0.1) is 17.8 Å². The lowest BCUT2D eigenvalue weighted by molar-refractivity contribution is -0.123. The van der Waals surface area contributed by atoms with E-state index in [9.17, 15) is 4.79 Å². The molecule has 1 aliphatic carbocycles. The maximum absolute atomic E-state index is 12.0. The highest BCUT2D eigenvalue weighted by Gasteiger charge is 2.27. The molecule has 1 aliphatic rings. The zero-order valence-corrected chi connectivity index (χ0v) is 13.3. The zero-order chi connectivity index (χ0) is 14.4. The molecule has 0 aromatic heterocycles. The molecule has 0 aliphatic heterocycles. The number of carbonyl (C=O) groups excluding carboxylic acids is 1. The average Bonchev–Trinajstić information content (AvgIpc) is 2.32. The fraction of sp³-hybridized carbons (Fsp3) is 0.938. The van der Waals surface area contributed by atoms with E-state index >= 15 is 0 Å². The van der Waals surface area contributed by atoms with Gasteiger partial charge in [0.2, 0.25) is 5.91 Å². The molecule has 0 aromatic rings. The van der Waals surface area contributed by atoms with Crippen molar-refractivity contribution in [2.24, 2.45) is 17.8 Å². The molecule has 4 unspecified atom stereocenters. The quantitative estimate of drug-likeness (QED) is 0.777. The van der Waals surface area contributed by atoms with Crippen molar-refractivity contribution < 1.29 is 4.79 Å². The molecule has 3 nitrogen and oxygen atoms in total. The van der Waals surface area contributed by atoms with Gasteiger partial charge in [0.15, 0.2) is 0 Å². The number of hydrogen-bond acceptors (Lipinski definition) is 2. The van der Waals surface area contributed by atoms with Crippen LogP contribution in [0.15, 0.2) is 0 Å². The minimum Gasteiger partial charge on any atom is -0.355 e. The number of amides is 1. The molecule has 1 saturated carbocycles. The first kappa shape index (κ1) is 16.5. The van der Waals surface area contributed by atoms with Crippen LogP contribution in [0.3, 0.4) is 0 Å². The molecule has 0 radical (unpaired) electrons. The molecule has 112 valence electrons. The van der Waals surface area contributed by atoms with Crippen LogP contribution in [0.25, 0.3) is 0 Å². The summed E-state index contributed by atoms with van der Waals surface area (Å²) in [4.78, 5) is 12.0. The summed E-state index contributed by atoms with van der Waals surface area (Å²) in [6.45, 7) is 11.8. The van der Waals surface area contributed by atoms with Crippen LogP contribution < -0.4 is 10.6 Å². The van der Waals surface area contributed by atoms with Crippen LogP contribution in [-0.2, 0) is 4.79 Å². The fourth-order valence-electron chi connectivity index (χ4n) is 2.95. The molecule has 0 heterocycles. The Balaban J connectivity index is 2.29. The van der Waals surface area contributed by atoms with Gasteiger partial charge in [-0.15, -0.1) is 0 Å². The Hall–Kier alpha value is -0.570. The second-order valence-corrected chi connectivity index (χ2v) is 6.86. The highest BCUT2D eigenvalue weighted by molar-refractivity contribution is 5.81. The summed E-state index contributed by atoms with van der Waals surface area (Å²) in [6.07, 6.45) is 4.81. The monoisotopic (exact) mass is 268 g/mol. The molecule has 0 aromatic carbocycles. The van der Waals surface area contributed by atoms with E-state index in [4.69, 9.17) is 0 Å². The van der Waals surface area contributed by atoms with Crippen LogP contribution in [0.4, 0.5) is 0 Å². The molecule has 1 amide bonds. The molecule has 19 heavy (non-hydrogen) atoms. The molecule has 0 saturated heterocycles. The lowest BCUT2D eigenvalue weighted by atomic mass is 9.79. The molecule has 0 spiro atoms. The van der Waals surface area contributed by atoms with Gasteiger partial charge in [-0.25, -0.2) is 0 Å². The highest BCUT2D eigenvalue weighted by Crippen LogP contribution is 2.28. The summed E-state index contributed by atoms with van der Waals surface area (Å²) in [6, 6.07) is 0.426. The first-order chi connectivity index (χ1) is 8.90. The lowest BCUT2D eigenvalue weighted by Crippen LogP contribution is -2.50. The van der Waals surface area contributed by atoms with Crippen molar-refractivity contribution in [3.05, 3.63) is 0 Å². The maximum atomic E-state index is 12.0. The Kier molecular flexibility index (Phi) is 6.84. The Labute approximate surface area is 118 Å². The first-order valence-electron chi connectivity index (χ1n) is 7.94. The topological polar surface area (TPSA) is 41.1 Å². The van der Waals surface area contributed by atoms with E-state index in [1.165, 1.54) is 19.3 Å². The van der Waals surface area contributed by atoms with Crippen LogP contribution >= 0.6 is 0 Å². The fourth-order valence-corrected chi connectivity index (χ4v) is 2.95. The van der Waals surface area contributed by atoms with Gasteiger partial charge < -0.3 is 10.6 Å². The molecule has 3 heteroatoms.